The van der Waals surface area contributed by atoms with Crippen LogP contribution in [-0.2, 0) is 4.74 Å². The molecule has 122 valence electrons. The van der Waals surface area contributed by atoms with Gasteiger partial charge >= 0.3 is 6.09 Å². The smallest absolute Gasteiger partial charge is 0.407 e. The Bertz CT molecular complexity index is 346. The highest BCUT2D eigenvalue weighted by molar-refractivity contribution is 5.79. The molecule has 3 N–H and O–H groups in total. The lowest BCUT2D eigenvalue weighted by Gasteiger charge is -2.19. The first kappa shape index (κ1) is 17.6. The van der Waals surface area contributed by atoms with E-state index < -0.39 is 5.60 Å². The topological polar surface area (TPSA) is 74.8 Å². The molecule has 1 saturated carbocycles. The van der Waals surface area contributed by atoms with Crippen molar-refractivity contribution < 1.29 is 9.53 Å². The van der Waals surface area contributed by atoms with E-state index in [2.05, 4.69) is 27.9 Å². The lowest BCUT2D eigenvalue weighted by molar-refractivity contribution is 0.0527. The largest absolute Gasteiger partial charge is 0.444 e. The van der Waals surface area contributed by atoms with Crippen molar-refractivity contribution in [3.63, 3.8) is 0 Å². The third-order valence-corrected chi connectivity index (χ3v) is 2.86. The van der Waals surface area contributed by atoms with Crippen LogP contribution in [0.3, 0.4) is 0 Å². The number of rotatable bonds is 7. The molecule has 21 heavy (non-hydrogen) atoms. The van der Waals surface area contributed by atoms with Crippen LogP contribution in [0.2, 0.25) is 0 Å². The average Bonchev–Trinajstić information content (AvgIpc) is 3.17. The fourth-order valence-corrected chi connectivity index (χ4v) is 1.66. The average molecular weight is 298 g/mol. The van der Waals surface area contributed by atoms with Crippen molar-refractivity contribution in [2.75, 3.05) is 26.2 Å². The minimum Gasteiger partial charge on any atom is -0.444 e. The number of hydrogen-bond acceptors (Lipinski definition) is 3. The molecule has 0 aromatic rings. The van der Waals surface area contributed by atoms with Gasteiger partial charge in [-0.3, -0.25) is 4.99 Å². The van der Waals surface area contributed by atoms with Crippen molar-refractivity contribution in [1.82, 2.24) is 16.0 Å². The number of carbonyl (C=O) groups excluding carboxylic acids is 1. The standard InChI is InChI=1S/C15H30N4O2/c1-5-16-13(19-11-12-7-8-12)17-9-6-10-18-14(20)21-15(2,3)4/h12H,5-11H2,1-4H3,(H,18,20)(H2,16,17,19). The number of nitrogens with one attached hydrogen (secondary N) is 3. The Balaban J connectivity index is 2.10. The Morgan fingerprint density at radius 3 is 2.43 bits per heavy atom. The van der Waals surface area contributed by atoms with Gasteiger partial charge in [-0.15, -0.1) is 0 Å². The number of carbonyl (C=O) groups is 1. The molecule has 1 aliphatic carbocycles. The SMILES string of the molecule is CCNC(=NCC1CC1)NCCCNC(=O)OC(C)(C)C. The molecule has 1 aliphatic rings. The first-order valence-corrected chi connectivity index (χ1v) is 7.89. The zero-order valence-electron chi connectivity index (χ0n) is 13.8. The van der Waals surface area contributed by atoms with E-state index in [4.69, 9.17) is 4.74 Å². The zero-order valence-corrected chi connectivity index (χ0v) is 13.8. The lowest BCUT2D eigenvalue weighted by Crippen LogP contribution is -2.39. The van der Waals surface area contributed by atoms with E-state index in [0.29, 0.717) is 6.54 Å². The highest BCUT2D eigenvalue weighted by Gasteiger charge is 2.20. The van der Waals surface area contributed by atoms with Gasteiger partial charge in [-0.2, -0.15) is 0 Å². The summed E-state index contributed by atoms with van der Waals surface area (Å²) in [6.45, 7) is 10.7. The number of aliphatic imine (C=N–C) groups is 1. The van der Waals surface area contributed by atoms with Gasteiger partial charge in [0.05, 0.1) is 0 Å². The third kappa shape index (κ3) is 9.98. The maximum absolute atomic E-state index is 11.5. The molecular formula is C15H30N4O2. The van der Waals surface area contributed by atoms with Gasteiger partial charge in [0.2, 0.25) is 0 Å². The number of alkyl carbamates (subject to hydrolysis) is 1. The van der Waals surface area contributed by atoms with Crippen molar-refractivity contribution in [3.8, 4) is 0 Å². The molecule has 0 aromatic heterocycles. The molecule has 0 unspecified atom stereocenters. The van der Waals surface area contributed by atoms with Gasteiger partial charge in [-0.25, -0.2) is 4.79 Å². The number of guanidine groups is 1. The van der Waals surface area contributed by atoms with Gasteiger partial charge in [-0.05, 0) is 52.9 Å². The van der Waals surface area contributed by atoms with Crippen molar-refractivity contribution in [2.45, 2.75) is 52.6 Å². The van der Waals surface area contributed by atoms with Crippen LogP contribution in [0.5, 0.6) is 0 Å². The second-order valence-corrected chi connectivity index (χ2v) is 6.37. The molecule has 6 heteroatoms. The predicted molar refractivity (Wildman–Crippen MR) is 85.6 cm³/mol. The van der Waals surface area contributed by atoms with E-state index in [1.54, 1.807) is 0 Å². The molecule has 1 fully saturated rings. The van der Waals surface area contributed by atoms with Crippen LogP contribution in [0.1, 0.15) is 47.0 Å². The summed E-state index contributed by atoms with van der Waals surface area (Å²) in [6.07, 6.45) is 3.08. The summed E-state index contributed by atoms with van der Waals surface area (Å²) in [5.41, 5.74) is -0.448. The highest BCUT2D eigenvalue weighted by atomic mass is 16.6. The summed E-state index contributed by atoms with van der Waals surface area (Å²) in [5.74, 6) is 1.65. The first-order chi connectivity index (χ1) is 9.90. The van der Waals surface area contributed by atoms with E-state index in [0.717, 1.165) is 37.9 Å². The lowest BCUT2D eigenvalue weighted by atomic mass is 10.2. The van der Waals surface area contributed by atoms with E-state index in [1.165, 1.54) is 12.8 Å². The molecule has 0 aromatic carbocycles. The molecule has 1 rings (SSSR count). The molecule has 0 aliphatic heterocycles. The molecule has 0 saturated heterocycles. The summed E-state index contributed by atoms with van der Waals surface area (Å²) in [5, 5.41) is 9.24. The van der Waals surface area contributed by atoms with Gasteiger partial charge in [0.1, 0.15) is 5.60 Å². The van der Waals surface area contributed by atoms with Crippen LogP contribution in [0.25, 0.3) is 0 Å². The molecule has 0 atom stereocenters. The predicted octanol–water partition coefficient (Wildman–Crippen LogP) is 1.87. The molecule has 0 spiro atoms. The number of amides is 1. The van der Waals surface area contributed by atoms with E-state index in [-0.39, 0.29) is 6.09 Å². The van der Waals surface area contributed by atoms with Crippen molar-refractivity contribution in [1.29, 1.82) is 0 Å². The fourth-order valence-electron chi connectivity index (χ4n) is 1.66. The summed E-state index contributed by atoms with van der Waals surface area (Å²) in [7, 11) is 0. The number of hydrogen-bond donors (Lipinski definition) is 3. The van der Waals surface area contributed by atoms with Gasteiger partial charge in [0.15, 0.2) is 5.96 Å². The van der Waals surface area contributed by atoms with Gasteiger partial charge in [0.25, 0.3) is 0 Å². The molecule has 6 nitrogen and oxygen atoms in total. The first-order valence-electron chi connectivity index (χ1n) is 7.89. The van der Waals surface area contributed by atoms with Crippen LogP contribution in [0, 0.1) is 5.92 Å². The highest BCUT2D eigenvalue weighted by Crippen LogP contribution is 2.28. The van der Waals surface area contributed by atoms with Crippen LogP contribution >= 0.6 is 0 Å². The van der Waals surface area contributed by atoms with Crippen LogP contribution in [-0.4, -0.2) is 43.8 Å². The van der Waals surface area contributed by atoms with Crippen molar-refractivity contribution >= 4 is 12.1 Å². The second-order valence-electron chi connectivity index (χ2n) is 6.37. The van der Waals surface area contributed by atoms with Crippen LogP contribution < -0.4 is 16.0 Å². The van der Waals surface area contributed by atoms with E-state index >= 15 is 0 Å². The zero-order chi connectivity index (χ0) is 15.7. The van der Waals surface area contributed by atoms with Crippen LogP contribution in [0.4, 0.5) is 4.79 Å². The Kier molecular flexibility index (Phi) is 7.32. The monoisotopic (exact) mass is 298 g/mol. The fraction of sp³-hybridized carbons (Fsp3) is 0.867. The minimum atomic E-state index is -0.448. The van der Waals surface area contributed by atoms with Crippen LogP contribution in [0.15, 0.2) is 4.99 Å². The Hall–Kier alpha value is -1.46. The van der Waals surface area contributed by atoms with Gasteiger partial charge < -0.3 is 20.7 Å². The molecular weight excluding hydrogens is 268 g/mol. The van der Waals surface area contributed by atoms with Crippen molar-refractivity contribution in [2.24, 2.45) is 10.9 Å². The summed E-state index contributed by atoms with van der Waals surface area (Å²) < 4.78 is 5.17. The second kappa shape index (κ2) is 8.74. The Morgan fingerprint density at radius 1 is 1.19 bits per heavy atom. The Labute approximate surface area is 128 Å². The van der Waals surface area contributed by atoms with Gasteiger partial charge in [-0.1, -0.05) is 0 Å². The molecule has 0 heterocycles. The molecule has 0 radical (unpaired) electrons. The van der Waals surface area contributed by atoms with Crippen molar-refractivity contribution in [3.05, 3.63) is 0 Å². The minimum absolute atomic E-state index is 0.364. The maximum Gasteiger partial charge on any atom is 0.407 e. The third-order valence-electron chi connectivity index (χ3n) is 2.86. The number of ether oxygens (including phenoxy) is 1. The van der Waals surface area contributed by atoms with Gasteiger partial charge in [0, 0.05) is 26.2 Å². The van der Waals surface area contributed by atoms with E-state index in [1.807, 2.05) is 20.8 Å². The summed E-state index contributed by atoms with van der Waals surface area (Å²) in [4.78, 5) is 16.0. The normalized spacial score (nSPS) is 15.5. The maximum atomic E-state index is 11.5. The molecule has 0 bridgehead atoms. The summed E-state index contributed by atoms with van der Waals surface area (Å²) >= 11 is 0. The Morgan fingerprint density at radius 2 is 1.86 bits per heavy atom. The summed E-state index contributed by atoms with van der Waals surface area (Å²) in [6, 6.07) is 0. The molecule has 1 amide bonds. The number of nitrogens with zero attached hydrogens (tertiary/aromatic N) is 1. The van der Waals surface area contributed by atoms with E-state index in [9.17, 15) is 4.79 Å². The quantitative estimate of drug-likeness (QED) is 0.381.